The summed E-state index contributed by atoms with van der Waals surface area (Å²) in [6.07, 6.45) is 11.1. The maximum absolute atomic E-state index is 7.21. The summed E-state index contributed by atoms with van der Waals surface area (Å²) in [6, 6.07) is 50.8. The zero-order valence-electron chi connectivity index (χ0n) is 29.1. The predicted octanol–water partition coefficient (Wildman–Crippen LogP) is 10.9. The number of aliphatic imine (C=N–C) groups is 2. The highest BCUT2D eigenvalue weighted by Gasteiger charge is 2.20. The van der Waals surface area contributed by atoms with Gasteiger partial charge in [-0.05, 0) is 61.4 Å². The number of benzene rings is 6. The molecule has 1 aliphatic rings. The van der Waals surface area contributed by atoms with Crippen LogP contribution in [-0.2, 0) is 6.67 Å². The second kappa shape index (κ2) is 12.7. The summed E-state index contributed by atoms with van der Waals surface area (Å²) >= 11 is 0. The molecule has 53 heavy (non-hydrogen) atoms. The summed E-state index contributed by atoms with van der Waals surface area (Å²) in [4.78, 5) is 10.7. The van der Waals surface area contributed by atoms with Crippen molar-refractivity contribution in [2.45, 2.75) is 19.5 Å². The Kier molecular flexibility index (Phi) is 7.39. The van der Waals surface area contributed by atoms with Gasteiger partial charge >= 0.3 is 0 Å². The molecule has 0 unspecified atom stereocenters. The molecule has 3 aromatic heterocycles. The Morgan fingerprint density at radius 3 is 1.66 bits per heavy atom. The van der Waals surface area contributed by atoms with Crippen LogP contribution in [0.25, 0.3) is 72.4 Å². The van der Waals surface area contributed by atoms with Gasteiger partial charge in [0, 0.05) is 38.1 Å². The first-order chi connectivity index (χ1) is 26.3. The van der Waals surface area contributed by atoms with Crippen LogP contribution in [0.2, 0.25) is 0 Å². The van der Waals surface area contributed by atoms with Gasteiger partial charge < -0.3 is 14.9 Å². The van der Waals surface area contributed by atoms with Gasteiger partial charge in [0.25, 0.3) is 0 Å². The quantitative estimate of drug-likeness (QED) is 0.146. The number of allylic oxidation sites excluding steroid dienone is 2. The number of fused-ring (bicyclic) bond motifs is 9. The van der Waals surface area contributed by atoms with Gasteiger partial charge in [0.05, 0.1) is 39.0 Å². The molecule has 9 aromatic rings. The number of rotatable bonds is 4. The summed E-state index contributed by atoms with van der Waals surface area (Å²) in [6.45, 7) is 0.357. The van der Waals surface area contributed by atoms with Crippen LogP contribution in [-0.4, -0.2) is 25.5 Å². The second-order valence-electron chi connectivity index (χ2n) is 13.5. The molecule has 6 aromatic carbocycles. The molecule has 2 N–H and O–H groups in total. The largest absolute Gasteiger partial charge is 0.383 e. The molecular formula is C47H36N6. The Morgan fingerprint density at radius 1 is 0.528 bits per heavy atom. The van der Waals surface area contributed by atoms with E-state index >= 15 is 0 Å². The maximum Gasteiger partial charge on any atom is 0.233 e. The zero-order chi connectivity index (χ0) is 35.3. The molecule has 3 heterocycles. The number of amidine groups is 1. The van der Waals surface area contributed by atoms with E-state index < -0.39 is 0 Å². The fourth-order valence-electron chi connectivity index (χ4n) is 8.11. The first-order valence-corrected chi connectivity index (χ1v) is 18.2. The average molecular weight is 685 g/mol. The van der Waals surface area contributed by atoms with Crippen molar-refractivity contribution in [2.75, 3.05) is 0 Å². The molecule has 1 aliphatic carbocycles. The molecule has 0 fully saturated rings. The Hall–Kier alpha value is -6.92. The summed E-state index contributed by atoms with van der Waals surface area (Å²) in [5.41, 5.74) is 16.8. The Bertz CT molecular complexity index is 2890. The van der Waals surface area contributed by atoms with Crippen molar-refractivity contribution in [3.8, 4) is 5.69 Å². The predicted molar refractivity (Wildman–Crippen MR) is 223 cm³/mol. The molecule has 0 spiro atoms. The number of hydrogen-bond acceptors (Lipinski definition) is 1. The Labute approximate surface area is 306 Å². The highest BCUT2D eigenvalue weighted by atomic mass is 15.2. The van der Waals surface area contributed by atoms with E-state index in [1.807, 2.05) is 6.07 Å². The van der Waals surface area contributed by atoms with Gasteiger partial charge in [-0.15, -0.1) is 0 Å². The highest BCUT2D eigenvalue weighted by molar-refractivity contribution is 6.17. The molecular weight excluding hydrogens is 649 g/mol. The number of aromatic nitrogens is 3. The summed E-state index contributed by atoms with van der Waals surface area (Å²) < 4.78 is 6.74. The van der Waals surface area contributed by atoms with E-state index in [0.717, 1.165) is 68.1 Å². The van der Waals surface area contributed by atoms with Gasteiger partial charge in [-0.25, -0.2) is 4.99 Å². The molecule has 0 atom stereocenters. The summed E-state index contributed by atoms with van der Waals surface area (Å²) in [5.74, 6) is 0.910. The van der Waals surface area contributed by atoms with Crippen LogP contribution in [0.1, 0.15) is 29.7 Å². The van der Waals surface area contributed by atoms with Crippen LogP contribution in [0, 0.1) is 0 Å². The molecule has 0 radical (unpaired) electrons. The Balaban J connectivity index is 1.21. The van der Waals surface area contributed by atoms with Crippen LogP contribution >= 0.6 is 0 Å². The molecule has 0 aliphatic heterocycles. The number of para-hydroxylation sites is 6. The van der Waals surface area contributed by atoms with E-state index in [2.05, 4.69) is 178 Å². The fraction of sp³-hybridized carbons (Fsp3) is 0.0638. The first kappa shape index (κ1) is 30.9. The van der Waals surface area contributed by atoms with Crippen molar-refractivity contribution < 1.29 is 0 Å². The standard InChI is InChI=1S/C47H36N6/c48-46(38-23-10-16-30-45(38)52-41-26-4-2-1-3-17-34(41)35-20-7-13-27-42(35)52)50-47(53-43-28-14-8-21-36(43)37-22-9-15-29-44(37)53)49-31-51-39-24-11-5-18-32(39)33-19-6-12-25-40(33)51/h3-30H,1-2,31H2,(H2,48,49,50)/b17-3+,26-4?. The molecule has 0 bridgehead atoms. The maximum atomic E-state index is 7.21. The Morgan fingerprint density at radius 2 is 1.02 bits per heavy atom. The number of nitrogens with two attached hydrogens (primary N) is 1. The summed E-state index contributed by atoms with van der Waals surface area (Å²) in [7, 11) is 0. The lowest BCUT2D eigenvalue weighted by molar-refractivity contribution is 0.785. The smallest absolute Gasteiger partial charge is 0.233 e. The number of hydrogen-bond donors (Lipinski definition) is 1. The van der Waals surface area contributed by atoms with E-state index in [0.29, 0.717) is 18.5 Å². The van der Waals surface area contributed by atoms with Crippen molar-refractivity contribution in [1.82, 2.24) is 13.7 Å². The van der Waals surface area contributed by atoms with Gasteiger partial charge in [-0.2, -0.15) is 4.99 Å². The van der Waals surface area contributed by atoms with Gasteiger partial charge in [0.2, 0.25) is 5.96 Å². The second-order valence-corrected chi connectivity index (χ2v) is 13.5. The molecule has 6 heteroatoms. The first-order valence-electron chi connectivity index (χ1n) is 18.2. The van der Waals surface area contributed by atoms with Crippen molar-refractivity contribution in [1.29, 1.82) is 0 Å². The van der Waals surface area contributed by atoms with Gasteiger partial charge in [-0.3, -0.25) is 4.57 Å². The van der Waals surface area contributed by atoms with Gasteiger partial charge in [0.15, 0.2) is 0 Å². The third-order valence-electron chi connectivity index (χ3n) is 10.5. The highest BCUT2D eigenvalue weighted by Crippen LogP contribution is 2.35. The lowest BCUT2D eigenvalue weighted by atomic mass is 10.1. The van der Waals surface area contributed by atoms with E-state index in [1.54, 1.807) is 0 Å². The van der Waals surface area contributed by atoms with Crippen LogP contribution in [0.4, 0.5) is 0 Å². The van der Waals surface area contributed by atoms with Crippen molar-refractivity contribution in [3.63, 3.8) is 0 Å². The van der Waals surface area contributed by atoms with Crippen LogP contribution < -0.4 is 5.73 Å². The number of nitrogens with zero attached hydrogens (tertiary/aromatic N) is 5. The SMILES string of the molecule is NC(=NC(=NCn1c2ccccc2c2ccccc21)n1c2ccccc2c2ccccc21)c1ccccc1-n1c2c(c3ccccc31)/C=C/CCC=C2. The normalized spacial score (nSPS) is 14.3. The third-order valence-corrected chi connectivity index (χ3v) is 10.5. The molecule has 0 amide bonds. The van der Waals surface area contributed by atoms with E-state index in [4.69, 9.17) is 15.7 Å². The monoisotopic (exact) mass is 684 g/mol. The molecule has 0 saturated heterocycles. The van der Waals surface area contributed by atoms with E-state index in [-0.39, 0.29) is 0 Å². The lowest BCUT2D eigenvalue weighted by Crippen LogP contribution is -2.21. The van der Waals surface area contributed by atoms with Crippen LogP contribution in [0.3, 0.4) is 0 Å². The van der Waals surface area contributed by atoms with Crippen molar-refractivity contribution in [3.05, 3.63) is 175 Å². The van der Waals surface area contributed by atoms with Crippen molar-refractivity contribution in [2.24, 2.45) is 15.7 Å². The van der Waals surface area contributed by atoms with Crippen LogP contribution in [0.15, 0.2) is 168 Å². The zero-order valence-corrected chi connectivity index (χ0v) is 29.1. The summed E-state index contributed by atoms with van der Waals surface area (Å²) in [5, 5.41) is 5.88. The minimum Gasteiger partial charge on any atom is -0.383 e. The fourth-order valence-corrected chi connectivity index (χ4v) is 8.11. The molecule has 0 saturated carbocycles. The molecule has 10 rings (SSSR count). The van der Waals surface area contributed by atoms with Crippen LogP contribution in [0.5, 0.6) is 0 Å². The lowest BCUT2D eigenvalue weighted by Gasteiger charge is -2.16. The molecule has 254 valence electrons. The molecule has 6 nitrogen and oxygen atoms in total. The van der Waals surface area contributed by atoms with Gasteiger partial charge in [0.1, 0.15) is 12.5 Å². The van der Waals surface area contributed by atoms with E-state index in [9.17, 15) is 0 Å². The minimum absolute atomic E-state index is 0.357. The topological polar surface area (TPSA) is 65.5 Å². The average Bonchev–Trinajstić information content (AvgIpc) is 3.81. The third kappa shape index (κ3) is 5.02. The van der Waals surface area contributed by atoms with Crippen molar-refractivity contribution >= 4 is 78.5 Å². The van der Waals surface area contributed by atoms with E-state index in [1.165, 1.54) is 21.7 Å². The minimum atomic E-state index is 0.357. The van der Waals surface area contributed by atoms with Gasteiger partial charge in [-0.1, -0.05) is 121 Å².